The summed E-state index contributed by atoms with van der Waals surface area (Å²) in [5.41, 5.74) is 5.61. The maximum Gasteiger partial charge on any atom is 0.167 e. The van der Waals surface area contributed by atoms with E-state index >= 15 is 0 Å². The minimum Gasteiger partial charge on any atom is -0.453 e. The molecule has 0 amide bonds. The Morgan fingerprint density at radius 3 is 2.78 bits per heavy atom. The molecule has 0 bridgehead atoms. The first kappa shape index (κ1) is 12.7. The number of hydrogen-bond acceptors (Lipinski definition) is 5. The van der Waals surface area contributed by atoms with Crippen molar-refractivity contribution in [1.82, 2.24) is 4.98 Å². The second-order valence-electron chi connectivity index (χ2n) is 3.32. The fourth-order valence-corrected chi connectivity index (χ4v) is 1.70. The molecule has 0 aliphatic rings. The van der Waals surface area contributed by atoms with Gasteiger partial charge in [0, 0.05) is 18.3 Å². The highest BCUT2D eigenvalue weighted by Crippen LogP contribution is 2.31. The van der Waals surface area contributed by atoms with Crippen molar-refractivity contribution in [2.75, 3.05) is 5.73 Å². The van der Waals surface area contributed by atoms with Gasteiger partial charge in [-0.1, -0.05) is 0 Å². The molecule has 0 unspecified atom stereocenters. The predicted octanol–water partition coefficient (Wildman–Crippen LogP) is 3.60. The molecular weight excluding hydrogens is 352 g/mol. The quantitative estimate of drug-likeness (QED) is 0.671. The van der Waals surface area contributed by atoms with Crippen LogP contribution in [0.1, 0.15) is 0 Å². The average molecular weight is 359 g/mol. The zero-order chi connectivity index (χ0) is 13.1. The molecule has 5 nitrogen and oxygen atoms in total. The molecule has 2 rings (SSSR count). The van der Waals surface area contributed by atoms with Crippen LogP contribution in [-0.2, 0) is 0 Å². The summed E-state index contributed by atoms with van der Waals surface area (Å²) < 4.78 is 19.5. The van der Waals surface area contributed by atoms with E-state index < -0.39 is 5.82 Å². The molecule has 0 aliphatic carbocycles. The van der Waals surface area contributed by atoms with E-state index in [2.05, 4.69) is 10.2 Å². The van der Waals surface area contributed by atoms with Gasteiger partial charge in [0.25, 0.3) is 0 Å². The molecule has 92 valence electrons. The highest BCUT2D eigenvalue weighted by molar-refractivity contribution is 14.1. The number of halogens is 2. The number of nitroso groups, excluding NO2 is 1. The molecule has 0 atom stereocenters. The van der Waals surface area contributed by atoms with Gasteiger partial charge in [-0.15, -0.1) is 4.91 Å². The molecule has 1 aromatic heterocycles. The van der Waals surface area contributed by atoms with Crippen LogP contribution in [0.15, 0.2) is 35.6 Å². The minimum absolute atomic E-state index is 0.00351. The van der Waals surface area contributed by atoms with E-state index in [0.29, 0.717) is 15.1 Å². The second kappa shape index (κ2) is 5.25. The smallest absolute Gasteiger partial charge is 0.167 e. The Bertz CT molecular complexity index is 607. The van der Waals surface area contributed by atoms with Crippen LogP contribution in [0.4, 0.5) is 15.9 Å². The third kappa shape index (κ3) is 2.55. The van der Waals surface area contributed by atoms with Crippen LogP contribution in [0.2, 0.25) is 0 Å². The molecule has 0 saturated heterocycles. The zero-order valence-electron chi connectivity index (χ0n) is 8.93. The van der Waals surface area contributed by atoms with E-state index in [1.165, 1.54) is 18.3 Å². The number of ether oxygens (including phenoxy) is 1. The van der Waals surface area contributed by atoms with E-state index in [9.17, 15) is 9.30 Å². The SMILES string of the molecule is Nc1nccc(Oc2ccc(N=O)cc2F)c1I. The lowest BCUT2D eigenvalue weighted by Gasteiger charge is -2.09. The fraction of sp³-hybridized carbons (Fsp3) is 0. The summed E-state index contributed by atoms with van der Waals surface area (Å²) in [4.78, 5) is 14.1. The molecule has 0 aliphatic heterocycles. The Morgan fingerprint density at radius 1 is 1.33 bits per heavy atom. The topological polar surface area (TPSA) is 77.6 Å². The lowest BCUT2D eigenvalue weighted by atomic mass is 10.3. The highest BCUT2D eigenvalue weighted by atomic mass is 127. The Kier molecular flexibility index (Phi) is 3.70. The van der Waals surface area contributed by atoms with Crippen molar-refractivity contribution in [3.63, 3.8) is 0 Å². The first-order valence-corrected chi connectivity index (χ1v) is 5.90. The maximum absolute atomic E-state index is 13.6. The predicted molar refractivity (Wildman–Crippen MR) is 73.3 cm³/mol. The number of nitrogens with zero attached hydrogens (tertiary/aromatic N) is 2. The van der Waals surface area contributed by atoms with E-state index in [1.54, 1.807) is 6.07 Å². The first-order valence-electron chi connectivity index (χ1n) is 4.82. The summed E-state index contributed by atoms with van der Waals surface area (Å²) in [6.07, 6.45) is 1.46. The molecule has 2 aromatic rings. The monoisotopic (exact) mass is 359 g/mol. The van der Waals surface area contributed by atoms with Gasteiger partial charge in [0.15, 0.2) is 11.6 Å². The van der Waals surface area contributed by atoms with Crippen molar-refractivity contribution in [3.05, 3.63) is 44.8 Å². The van der Waals surface area contributed by atoms with Crippen molar-refractivity contribution in [1.29, 1.82) is 0 Å². The average Bonchev–Trinajstić information content (AvgIpc) is 2.37. The van der Waals surface area contributed by atoms with Crippen LogP contribution < -0.4 is 10.5 Å². The summed E-state index contributed by atoms with van der Waals surface area (Å²) in [6.45, 7) is 0. The highest BCUT2D eigenvalue weighted by Gasteiger charge is 2.10. The van der Waals surface area contributed by atoms with Crippen LogP contribution in [0.25, 0.3) is 0 Å². The van der Waals surface area contributed by atoms with Gasteiger partial charge in [0.1, 0.15) is 17.3 Å². The standard InChI is InChI=1S/C11H7FIN3O2/c12-7-5-6(16-17)1-2-8(7)18-9-3-4-15-11(14)10(9)13/h1-5H,(H2,14,15). The largest absolute Gasteiger partial charge is 0.453 e. The number of pyridine rings is 1. The van der Waals surface area contributed by atoms with Gasteiger partial charge >= 0.3 is 0 Å². The van der Waals surface area contributed by atoms with Gasteiger partial charge in [-0.05, 0) is 39.9 Å². The maximum atomic E-state index is 13.6. The third-order valence-corrected chi connectivity index (χ3v) is 3.21. The van der Waals surface area contributed by atoms with E-state index in [4.69, 9.17) is 10.5 Å². The number of nitrogen functional groups attached to an aromatic ring is 1. The molecule has 7 heteroatoms. The van der Waals surface area contributed by atoms with Gasteiger partial charge in [0.05, 0.1) is 3.57 Å². The van der Waals surface area contributed by atoms with Crippen LogP contribution in [-0.4, -0.2) is 4.98 Å². The van der Waals surface area contributed by atoms with E-state index in [0.717, 1.165) is 6.07 Å². The number of anilines is 1. The summed E-state index contributed by atoms with van der Waals surface area (Å²) in [7, 11) is 0. The van der Waals surface area contributed by atoms with E-state index in [-0.39, 0.29) is 11.4 Å². The van der Waals surface area contributed by atoms with Crippen LogP contribution >= 0.6 is 22.6 Å². The third-order valence-electron chi connectivity index (χ3n) is 2.12. The normalized spacial score (nSPS) is 10.1. The van der Waals surface area contributed by atoms with Gasteiger partial charge < -0.3 is 10.5 Å². The molecule has 2 N–H and O–H groups in total. The molecular formula is C11H7FIN3O2. The molecule has 0 fully saturated rings. The van der Waals surface area contributed by atoms with E-state index in [1.807, 2.05) is 22.6 Å². The van der Waals surface area contributed by atoms with Gasteiger partial charge in [-0.25, -0.2) is 9.37 Å². The summed E-state index contributed by atoms with van der Waals surface area (Å²) in [5, 5.41) is 2.63. The van der Waals surface area contributed by atoms with Crippen LogP contribution in [0, 0.1) is 14.3 Å². The van der Waals surface area contributed by atoms with Crippen molar-refractivity contribution in [3.8, 4) is 11.5 Å². The van der Waals surface area contributed by atoms with Crippen molar-refractivity contribution >= 4 is 34.1 Å². The number of rotatable bonds is 3. The summed E-state index contributed by atoms with van der Waals surface area (Å²) in [5.74, 6) is 0.0256. The van der Waals surface area contributed by atoms with Crippen LogP contribution in [0.5, 0.6) is 11.5 Å². The Balaban J connectivity index is 2.34. The Labute approximate surface area is 115 Å². The number of aromatic nitrogens is 1. The number of benzene rings is 1. The van der Waals surface area contributed by atoms with Gasteiger partial charge in [-0.3, -0.25) is 0 Å². The fourth-order valence-electron chi connectivity index (χ4n) is 1.27. The molecule has 0 radical (unpaired) electrons. The van der Waals surface area contributed by atoms with Crippen molar-refractivity contribution < 1.29 is 9.13 Å². The minimum atomic E-state index is -0.668. The molecule has 1 heterocycles. The molecule has 18 heavy (non-hydrogen) atoms. The van der Waals surface area contributed by atoms with Gasteiger partial charge in [-0.2, -0.15) is 0 Å². The van der Waals surface area contributed by atoms with Crippen molar-refractivity contribution in [2.45, 2.75) is 0 Å². The second-order valence-corrected chi connectivity index (χ2v) is 4.40. The summed E-state index contributed by atoms with van der Waals surface area (Å²) >= 11 is 1.95. The summed E-state index contributed by atoms with van der Waals surface area (Å²) in [6, 6.07) is 5.27. The molecule has 1 aromatic carbocycles. The van der Waals surface area contributed by atoms with Gasteiger partial charge in [0.2, 0.25) is 0 Å². The molecule has 0 saturated carbocycles. The lowest BCUT2D eigenvalue weighted by Crippen LogP contribution is -1.97. The lowest BCUT2D eigenvalue weighted by molar-refractivity contribution is 0.439. The number of nitrogens with two attached hydrogens (primary N) is 1. The molecule has 0 spiro atoms. The Hall–Kier alpha value is -1.77. The number of hydrogen-bond donors (Lipinski definition) is 1. The first-order chi connectivity index (χ1) is 8.61. The Morgan fingerprint density at radius 2 is 2.11 bits per heavy atom. The van der Waals surface area contributed by atoms with Crippen LogP contribution in [0.3, 0.4) is 0 Å². The zero-order valence-corrected chi connectivity index (χ0v) is 11.1. The van der Waals surface area contributed by atoms with Crippen molar-refractivity contribution in [2.24, 2.45) is 5.18 Å².